The van der Waals surface area contributed by atoms with E-state index in [-0.39, 0.29) is 23.6 Å². The van der Waals surface area contributed by atoms with Gasteiger partial charge in [0.05, 0.1) is 12.7 Å². The van der Waals surface area contributed by atoms with Crippen molar-refractivity contribution < 1.29 is 56.0 Å². The fourth-order valence-corrected chi connectivity index (χ4v) is 5.63. The molecule has 2 unspecified atom stereocenters. The molecule has 0 bridgehead atoms. The quantitative estimate of drug-likeness (QED) is 0.0898. The molecule has 0 amide bonds. The average molecular weight is 532 g/mol. The molecule has 0 spiro atoms. The van der Waals surface area contributed by atoms with Crippen molar-refractivity contribution in [3.05, 3.63) is 38.6 Å². The SMILES string of the molecule is [N-]=[N+]=Nc1ccc([C@H]2C[C@@H](ON)[C@@H](COP(=O)(O)OP(=O)(O)OP(=O)(O)O)O2)c(N=[N+]=[N-])n1. The molecule has 33 heavy (non-hydrogen) atoms. The summed E-state index contributed by atoms with van der Waals surface area (Å²) in [7, 11) is -16.6. The smallest absolute Gasteiger partial charge is 0.365 e. The first-order chi connectivity index (χ1) is 15.3. The van der Waals surface area contributed by atoms with Gasteiger partial charge in [0.15, 0.2) is 0 Å². The molecule has 5 atom stereocenters. The van der Waals surface area contributed by atoms with E-state index in [0.717, 1.165) is 0 Å². The molecule has 0 saturated carbocycles. The molecule has 1 aromatic rings. The van der Waals surface area contributed by atoms with Crippen LogP contribution in [0.4, 0.5) is 11.6 Å². The van der Waals surface area contributed by atoms with Crippen LogP contribution in [0, 0.1) is 0 Å². The Morgan fingerprint density at radius 3 is 2.36 bits per heavy atom. The van der Waals surface area contributed by atoms with Gasteiger partial charge in [0.25, 0.3) is 0 Å². The first-order valence-corrected chi connectivity index (χ1v) is 12.7. The molecule has 23 heteroatoms. The van der Waals surface area contributed by atoms with Gasteiger partial charge in [0.1, 0.15) is 23.8 Å². The Balaban J connectivity index is 2.14. The zero-order valence-electron chi connectivity index (χ0n) is 15.9. The van der Waals surface area contributed by atoms with Crippen LogP contribution < -0.4 is 5.90 Å². The maximum atomic E-state index is 11.9. The standard InChI is InChI=1S/C10H15N8O12P3/c11-17-15-9-2-1-5(10(14-9)16-18-12)6-3-7(28-13)8(27-6)4-26-32(22,23)30-33(24,25)29-31(19,20)21/h1-2,6-8H,3-4,13H2,(H,22,23)(H,24,25)(H2,19,20,21)/t6-,7-,8-/m1/s1. The largest absolute Gasteiger partial charge is 0.490 e. The first kappa shape index (κ1) is 27.3. The van der Waals surface area contributed by atoms with Gasteiger partial charge in [-0.1, -0.05) is 6.07 Å². The summed E-state index contributed by atoms with van der Waals surface area (Å²) in [6.45, 7) is -0.816. The lowest BCUT2D eigenvalue weighted by atomic mass is 10.1. The lowest BCUT2D eigenvalue weighted by Gasteiger charge is -2.20. The molecule has 1 aromatic heterocycles. The van der Waals surface area contributed by atoms with Crippen LogP contribution in [0.1, 0.15) is 18.1 Å². The minimum atomic E-state index is -5.69. The maximum absolute atomic E-state index is 11.9. The molecule has 1 aliphatic rings. The predicted octanol–water partition coefficient (Wildman–Crippen LogP) is 2.40. The van der Waals surface area contributed by atoms with Crippen molar-refractivity contribution in [2.24, 2.45) is 16.1 Å². The van der Waals surface area contributed by atoms with Gasteiger partial charge in [0.2, 0.25) is 0 Å². The molecule has 20 nitrogen and oxygen atoms in total. The summed E-state index contributed by atoms with van der Waals surface area (Å²) in [4.78, 5) is 49.5. The molecule has 1 aliphatic heterocycles. The number of rotatable bonds is 11. The molecule has 0 aliphatic carbocycles. The van der Waals surface area contributed by atoms with E-state index >= 15 is 0 Å². The Morgan fingerprint density at radius 1 is 1.12 bits per heavy atom. The highest BCUT2D eigenvalue weighted by Crippen LogP contribution is 2.66. The van der Waals surface area contributed by atoms with Crippen LogP contribution in [-0.4, -0.2) is 43.4 Å². The molecule has 6 N–H and O–H groups in total. The topological polar surface area (TPSA) is 315 Å². The van der Waals surface area contributed by atoms with E-state index in [1.165, 1.54) is 12.1 Å². The molecular formula is C10H15N8O12P3. The van der Waals surface area contributed by atoms with E-state index < -0.39 is 48.4 Å². The third-order valence-corrected chi connectivity index (χ3v) is 7.52. The predicted molar refractivity (Wildman–Crippen MR) is 103 cm³/mol. The monoisotopic (exact) mass is 532 g/mol. The van der Waals surface area contributed by atoms with Gasteiger partial charge < -0.3 is 24.3 Å². The summed E-state index contributed by atoms with van der Waals surface area (Å²) >= 11 is 0. The summed E-state index contributed by atoms with van der Waals surface area (Å²) in [5.74, 6) is 4.90. The van der Waals surface area contributed by atoms with Crippen molar-refractivity contribution in [1.29, 1.82) is 0 Å². The fourth-order valence-electron chi connectivity index (χ4n) is 2.60. The molecule has 0 radical (unpaired) electrons. The first-order valence-electron chi connectivity index (χ1n) is 8.19. The van der Waals surface area contributed by atoms with Crippen molar-refractivity contribution in [3.63, 3.8) is 0 Å². The van der Waals surface area contributed by atoms with Crippen LogP contribution in [0.5, 0.6) is 0 Å². The molecule has 0 aromatic carbocycles. The van der Waals surface area contributed by atoms with E-state index in [1.807, 2.05) is 0 Å². The highest BCUT2D eigenvalue weighted by Gasteiger charge is 2.43. The van der Waals surface area contributed by atoms with Gasteiger partial charge >= 0.3 is 23.5 Å². The Morgan fingerprint density at radius 2 is 1.79 bits per heavy atom. The third-order valence-electron chi connectivity index (χ3n) is 3.72. The summed E-state index contributed by atoms with van der Waals surface area (Å²) < 4.78 is 51.2. The second-order valence-electron chi connectivity index (χ2n) is 5.92. The van der Waals surface area contributed by atoms with Crippen molar-refractivity contribution >= 4 is 35.1 Å². The minimum Gasteiger partial charge on any atom is -0.365 e. The summed E-state index contributed by atoms with van der Waals surface area (Å²) in [6, 6.07) is 2.68. The Kier molecular flexibility index (Phi) is 9.09. The van der Waals surface area contributed by atoms with E-state index in [1.54, 1.807) is 0 Å². The number of nitrogens with zero attached hydrogens (tertiary/aromatic N) is 7. The van der Waals surface area contributed by atoms with E-state index in [0.29, 0.717) is 0 Å². The van der Waals surface area contributed by atoms with Gasteiger partial charge in [-0.15, -0.1) is 0 Å². The molecule has 1 fully saturated rings. The zero-order valence-corrected chi connectivity index (χ0v) is 18.6. The minimum absolute atomic E-state index is 0.00256. The second kappa shape index (κ2) is 11.0. The molecule has 1 saturated heterocycles. The van der Waals surface area contributed by atoms with Crippen molar-refractivity contribution in [3.8, 4) is 0 Å². The van der Waals surface area contributed by atoms with E-state index in [9.17, 15) is 18.6 Å². The number of pyridine rings is 1. The Labute approximate surface area is 182 Å². The number of hydrogen-bond donors (Lipinski definition) is 5. The average Bonchev–Trinajstić information content (AvgIpc) is 3.07. The molecule has 2 rings (SSSR count). The Bertz CT molecular complexity index is 1120. The number of phosphoric acid groups is 3. The summed E-state index contributed by atoms with van der Waals surface area (Å²) in [5.41, 5.74) is 17.4. The number of ether oxygens (including phenoxy) is 1. The van der Waals surface area contributed by atoms with Crippen LogP contribution in [0.25, 0.3) is 20.9 Å². The lowest BCUT2D eigenvalue weighted by Crippen LogP contribution is -2.31. The van der Waals surface area contributed by atoms with Crippen LogP contribution >= 0.6 is 23.5 Å². The van der Waals surface area contributed by atoms with Crippen molar-refractivity contribution in [2.75, 3.05) is 6.61 Å². The maximum Gasteiger partial charge on any atom is 0.490 e. The highest BCUT2D eigenvalue weighted by atomic mass is 31.3. The normalized spacial score (nSPS) is 24.2. The molecule has 182 valence electrons. The second-order valence-corrected chi connectivity index (χ2v) is 10.3. The Hall–Kier alpha value is -1.94. The summed E-state index contributed by atoms with van der Waals surface area (Å²) in [5, 5.41) is 6.66. The van der Waals surface area contributed by atoms with Crippen LogP contribution in [0.2, 0.25) is 0 Å². The number of nitrogens with two attached hydrogens (primary N) is 1. The van der Waals surface area contributed by atoms with Crippen LogP contribution in [0.15, 0.2) is 22.4 Å². The van der Waals surface area contributed by atoms with Gasteiger partial charge in [-0.05, 0) is 27.4 Å². The van der Waals surface area contributed by atoms with Crippen molar-refractivity contribution in [2.45, 2.75) is 24.7 Å². The van der Waals surface area contributed by atoms with Crippen molar-refractivity contribution in [1.82, 2.24) is 4.98 Å². The van der Waals surface area contributed by atoms with Crippen LogP contribution in [-0.2, 0) is 36.4 Å². The lowest BCUT2D eigenvalue weighted by molar-refractivity contribution is -0.0474. The van der Waals surface area contributed by atoms with Gasteiger partial charge in [-0.25, -0.2) is 24.6 Å². The molecular weight excluding hydrogens is 517 g/mol. The zero-order chi connectivity index (χ0) is 24.9. The summed E-state index contributed by atoms with van der Waals surface area (Å²) in [6.07, 6.45) is -3.06. The number of hydrogen-bond acceptors (Lipinski definition) is 12. The number of phosphoric ester groups is 1. The van der Waals surface area contributed by atoms with Gasteiger partial charge in [0, 0.05) is 21.8 Å². The van der Waals surface area contributed by atoms with E-state index in [2.05, 4.69) is 38.2 Å². The third kappa shape index (κ3) is 8.41. The highest BCUT2D eigenvalue weighted by molar-refractivity contribution is 7.66. The van der Waals surface area contributed by atoms with Crippen LogP contribution in [0.3, 0.4) is 0 Å². The van der Waals surface area contributed by atoms with Gasteiger partial charge in [-0.3, -0.25) is 9.36 Å². The van der Waals surface area contributed by atoms with Gasteiger partial charge in [-0.2, -0.15) is 8.62 Å². The van der Waals surface area contributed by atoms with E-state index in [4.69, 9.17) is 41.2 Å². The fraction of sp³-hybridized carbons (Fsp3) is 0.500. The number of aromatic nitrogens is 1. The molecule has 2 heterocycles. The number of azide groups is 2.